The number of amides is 2. The van der Waals surface area contributed by atoms with E-state index in [2.05, 4.69) is 10.6 Å². The van der Waals surface area contributed by atoms with Gasteiger partial charge in [-0.2, -0.15) is 0 Å². The third kappa shape index (κ3) is 4.55. The molecule has 2 unspecified atom stereocenters. The molecule has 18 heavy (non-hydrogen) atoms. The monoisotopic (exact) mass is 256 g/mol. The molecule has 0 heterocycles. The third-order valence-corrected chi connectivity index (χ3v) is 3.79. The lowest BCUT2D eigenvalue weighted by atomic mass is 9.99. The first-order valence-electron chi connectivity index (χ1n) is 6.81. The van der Waals surface area contributed by atoms with Gasteiger partial charge in [-0.3, -0.25) is 0 Å². The van der Waals surface area contributed by atoms with Gasteiger partial charge in [-0.1, -0.05) is 33.1 Å². The standard InChI is InChI=1S/C13H24N2O3/c1-3-9(2)11(12(16)17)15-13(18)14-8-10-6-4-5-7-10/h9-11H,3-8H2,1-2H3,(H,16,17)(H2,14,15,18). The van der Waals surface area contributed by atoms with Gasteiger partial charge < -0.3 is 15.7 Å². The molecule has 0 aliphatic heterocycles. The maximum absolute atomic E-state index is 11.6. The second kappa shape index (κ2) is 7.24. The number of nitrogens with one attached hydrogen (secondary N) is 2. The molecule has 1 fully saturated rings. The SMILES string of the molecule is CCC(C)C(NC(=O)NCC1CCCC1)C(=O)O. The fourth-order valence-electron chi connectivity index (χ4n) is 2.33. The summed E-state index contributed by atoms with van der Waals surface area (Å²) in [5, 5.41) is 14.4. The molecular weight excluding hydrogens is 232 g/mol. The first-order valence-corrected chi connectivity index (χ1v) is 6.81. The topological polar surface area (TPSA) is 78.4 Å². The zero-order chi connectivity index (χ0) is 13.5. The molecule has 0 aromatic rings. The number of carboxylic acids is 1. The number of carboxylic acid groups (broad SMARTS) is 1. The van der Waals surface area contributed by atoms with E-state index in [0.29, 0.717) is 12.5 Å². The van der Waals surface area contributed by atoms with Crippen LogP contribution in [0.2, 0.25) is 0 Å². The molecule has 0 bridgehead atoms. The van der Waals surface area contributed by atoms with Gasteiger partial charge in [-0.15, -0.1) is 0 Å². The predicted octanol–water partition coefficient (Wildman–Crippen LogP) is 1.98. The minimum Gasteiger partial charge on any atom is -0.480 e. The van der Waals surface area contributed by atoms with Crippen molar-refractivity contribution in [2.75, 3.05) is 6.54 Å². The van der Waals surface area contributed by atoms with Crippen LogP contribution in [0, 0.1) is 11.8 Å². The number of carbonyl (C=O) groups excluding carboxylic acids is 1. The van der Waals surface area contributed by atoms with Crippen molar-refractivity contribution >= 4 is 12.0 Å². The summed E-state index contributed by atoms with van der Waals surface area (Å²) in [4.78, 5) is 22.7. The summed E-state index contributed by atoms with van der Waals surface area (Å²) in [6, 6.07) is -1.17. The summed E-state index contributed by atoms with van der Waals surface area (Å²) in [6.45, 7) is 4.40. The van der Waals surface area contributed by atoms with E-state index in [-0.39, 0.29) is 11.9 Å². The number of hydrogen-bond donors (Lipinski definition) is 3. The Hall–Kier alpha value is -1.26. The molecule has 1 aliphatic rings. The van der Waals surface area contributed by atoms with Crippen LogP contribution in [0.4, 0.5) is 4.79 Å². The van der Waals surface area contributed by atoms with Crippen LogP contribution in [0.5, 0.6) is 0 Å². The molecule has 3 N–H and O–H groups in total. The van der Waals surface area contributed by atoms with Crippen LogP contribution < -0.4 is 10.6 Å². The van der Waals surface area contributed by atoms with Gasteiger partial charge in [0.2, 0.25) is 0 Å². The normalized spacial score (nSPS) is 19.2. The fourth-order valence-corrected chi connectivity index (χ4v) is 2.33. The molecule has 2 amide bonds. The Kier molecular flexibility index (Phi) is 5.95. The van der Waals surface area contributed by atoms with Crippen LogP contribution in [0.25, 0.3) is 0 Å². The second-order valence-corrected chi connectivity index (χ2v) is 5.21. The summed E-state index contributed by atoms with van der Waals surface area (Å²) < 4.78 is 0. The van der Waals surface area contributed by atoms with Gasteiger partial charge in [0.15, 0.2) is 0 Å². The Balaban J connectivity index is 2.33. The van der Waals surface area contributed by atoms with Gasteiger partial charge in [-0.05, 0) is 24.7 Å². The summed E-state index contributed by atoms with van der Waals surface area (Å²) in [5.74, 6) is -0.484. The maximum Gasteiger partial charge on any atom is 0.326 e. The largest absolute Gasteiger partial charge is 0.480 e. The molecule has 0 aromatic heterocycles. The highest BCUT2D eigenvalue weighted by atomic mass is 16.4. The number of rotatable bonds is 6. The highest BCUT2D eigenvalue weighted by Gasteiger charge is 2.25. The minimum absolute atomic E-state index is 0.0697. The second-order valence-electron chi connectivity index (χ2n) is 5.21. The molecule has 104 valence electrons. The van der Waals surface area contributed by atoms with Crippen molar-refractivity contribution in [1.82, 2.24) is 10.6 Å². The van der Waals surface area contributed by atoms with Crippen molar-refractivity contribution in [2.45, 2.75) is 52.0 Å². The van der Waals surface area contributed by atoms with E-state index in [1.54, 1.807) is 0 Å². The average Bonchev–Trinajstić information content (AvgIpc) is 2.85. The summed E-state index contributed by atoms with van der Waals surface area (Å²) in [7, 11) is 0. The maximum atomic E-state index is 11.6. The van der Waals surface area contributed by atoms with Crippen molar-refractivity contribution in [1.29, 1.82) is 0 Å². The molecule has 1 saturated carbocycles. The molecule has 0 radical (unpaired) electrons. The lowest BCUT2D eigenvalue weighted by Crippen LogP contribution is -2.49. The molecule has 5 heteroatoms. The van der Waals surface area contributed by atoms with Crippen molar-refractivity contribution in [3.63, 3.8) is 0 Å². The Morgan fingerprint density at radius 1 is 1.33 bits per heavy atom. The molecular formula is C13H24N2O3. The Morgan fingerprint density at radius 3 is 2.44 bits per heavy atom. The lowest BCUT2D eigenvalue weighted by molar-refractivity contribution is -0.140. The average molecular weight is 256 g/mol. The van der Waals surface area contributed by atoms with E-state index in [4.69, 9.17) is 5.11 Å². The van der Waals surface area contributed by atoms with Gasteiger partial charge in [0.1, 0.15) is 6.04 Å². The van der Waals surface area contributed by atoms with Crippen LogP contribution in [-0.2, 0) is 4.79 Å². The van der Waals surface area contributed by atoms with Crippen LogP contribution in [0.1, 0.15) is 46.0 Å². The number of hydrogen-bond acceptors (Lipinski definition) is 2. The number of urea groups is 1. The van der Waals surface area contributed by atoms with E-state index < -0.39 is 12.0 Å². The highest BCUT2D eigenvalue weighted by molar-refractivity contribution is 5.82. The van der Waals surface area contributed by atoms with Gasteiger partial charge >= 0.3 is 12.0 Å². The van der Waals surface area contributed by atoms with E-state index in [1.807, 2.05) is 13.8 Å². The molecule has 0 aromatic carbocycles. The Morgan fingerprint density at radius 2 is 1.94 bits per heavy atom. The van der Waals surface area contributed by atoms with E-state index in [9.17, 15) is 9.59 Å². The zero-order valence-corrected chi connectivity index (χ0v) is 11.2. The zero-order valence-electron chi connectivity index (χ0n) is 11.2. The number of aliphatic carboxylic acids is 1. The first-order chi connectivity index (χ1) is 8.54. The Bertz CT molecular complexity index is 288. The van der Waals surface area contributed by atoms with Crippen LogP contribution in [0.15, 0.2) is 0 Å². The van der Waals surface area contributed by atoms with Crippen molar-refractivity contribution in [3.8, 4) is 0 Å². The van der Waals surface area contributed by atoms with Crippen molar-refractivity contribution in [3.05, 3.63) is 0 Å². The van der Waals surface area contributed by atoms with Crippen molar-refractivity contribution in [2.24, 2.45) is 11.8 Å². The van der Waals surface area contributed by atoms with Crippen LogP contribution in [0.3, 0.4) is 0 Å². The van der Waals surface area contributed by atoms with Gasteiger partial charge in [-0.25, -0.2) is 9.59 Å². The van der Waals surface area contributed by atoms with Crippen LogP contribution >= 0.6 is 0 Å². The molecule has 2 atom stereocenters. The summed E-state index contributed by atoms with van der Waals surface area (Å²) in [6.07, 6.45) is 5.51. The van der Waals surface area contributed by atoms with Gasteiger partial charge in [0, 0.05) is 6.54 Å². The highest BCUT2D eigenvalue weighted by Crippen LogP contribution is 2.23. The van der Waals surface area contributed by atoms with Crippen LogP contribution in [-0.4, -0.2) is 29.7 Å². The van der Waals surface area contributed by atoms with Gasteiger partial charge in [0.05, 0.1) is 0 Å². The van der Waals surface area contributed by atoms with E-state index >= 15 is 0 Å². The Labute approximate surface area is 108 Å². The predicted molar refractivity (Wildman–Crippen MR) is 69.4 cm³/mol. The van der Waals surface area contributed by atoms with Crippen molar-refractivity contribution < 1.29 is 14.7 Å². The smallest absolute Gasteiger partial charge is 0.326 e. The third-order valence-electron chi connectivity index (χ3n) is 3.79. The minimum atomic E-state index is -0.972. The van der Waals surface area contributed by atoms with E-state index in [1.165, 1.54) is 12.8 Å². The summed E-state index contributed by atoms with van der Waals surface area (Å²) in [5.41, 5.74) is 0. The van der Waals surface area contributed by atoms with Gasteiger partial charge in [0.25, 0.3) is 0 Å². The quantitative estimate of drug-likeness (QED) is 0.680. The molecule has 5 nitrogen and oxygen atoms in total. The number of carbonyl (C=O) groups is 2. The summed E-state index contributed by atoms with van der Waals surface area (Å²) >= 11 is 0. The fraction of sp³-hybridized carbons (Fsp3) is 0.846. The van der Waals surface area contributed by atoms with E-state index in [0.717, 1.165) is 19.3 Å². The lowest BCUT2D eigenvalue weighted by Gasteiger charge is -2.21. The molecule has 1 aliphatic carbocycles. The molecule has 0 spiro atoms. The molecule has 0 saturated heterocycles. The first kappa shape index (κ1) is 14.8. The molecule has 1 rings (SSSR count).